The molecule has 1 aromatic heterocycles. The quantitative estimate of drug-likeness (QED) is 0.167. The van der Waals surface area contributed by atoms with Crippen molar-refractivity contribution in [2.24, 2.45) is 12.5 Å². The van der Waals surface area contributed by atoms with E-state index in [-0.39, 0.29) is 11.0 Å². The molecule has 1 aromatic carbocycles. The first-order chi connectivity index (χ1) is 17.6. The summed E-state index contributed by atoms with van der Waals surface area (Å²) in [6.07, 6.45) is 13.3. The summed E-state index contributed by atoms with van der Waals surface area (Å²) in [7, 11) is -4.06. The second kappa shape index (κ2) is 11.9. The normalized spacial score (nSPS) is 14.2. The van der Waals surface area contributed by atoms with Gasteiger partial charge in [-0.15, -0.1) is 0 Å². The fourth-order valence-corrected chi connectivity index (χ4v) is 3.12. The van der Waals surface area contributed by atoms with Crippen LogP contribution in [0.5, 0.6) is 0 Å². The molecule has 2 heterocycles. The SMILES string of the molecule is C[n+]1cc(/C=C/C=C/C2=CC(=C(C#N)C#N)C=C(C(C)(C)C)O2)cc2ccccc21.O=S(=O)([O-])C(F)(F)F. The molecule has 0 bridgehead atoms. The van der Waals surface area contributed by atoms with Gasteiger partial charge in [-0.3, -0.25) is 0 Å². The average molecular weight is 544 g/mol. The zero-order chi connectivity index (χ0) is 28.7. The molecule has 7 nitrogen and oxygen atoms in total. The van der Waals surface area contributed by atoms with Crippen molar-refractivity contribution < 1.29 is 35.4 Å². The van der Waals surface area contributed by atoms with Crippen molar-refractivity contribution in [3.05, 3.63) is 95.1 Å². The molecular weight excluding hydrogens is 519 g/mol. The van der Waals surface area contributed by atoms with Gasteiger partial charge in [0, 0.05) is 28.0 Å². The number of benzene rings is 1. The number of halogens is 3. The number of alkyl halides is 3. The van der Waals surface area contributed by atoms with Crippen LogP contribution in [0.2, 0.25) is 0 Å². The summed E-state index contributed by atoms with van der Waals surface area (Å²) < 4.78 is 67.0. The number of fused-ring (bicyclic) bond motifs is 1. The van der Waals surface area contributed by atoms with Crippen LogP contribution < -0.4 is 4.57 Å². The van der Waals surface area contributed by atoms with Crippen LogP contribution in [0.4, 0.5) is 13.2 Å². The number of nitriles is 2. The second-order valence-corrected chi connectivity index (χ2v) is 10.4. The minimum absolute atomic E-state index is 0.0742. The number of aromatic nitrogens is 1. The molecule has 3 rings (SSSR count). The zero-order valence-corrected chi connectivity index (χ0v) is 21.8. The van der Waals surface area contributed by atoms with Gasteiger partial charge in [0.25, 0.3) is 0 Å². The summed E-state index contributed by atoms with van der Waals surface area (Å²) in [5, 5.41) is 19.6. The lowest BCUT2D eigenvalue weighted by Gasteiger charge is -2.26. The van der Waals surface area contributed by atoms with E-state index < -0.39 is 15.6 Å². The van der Waals surface area contributed by atoms with E-state index >= 15 is 0 Å². The third-order valence-corrected chi connectivity index (χ3v) is 5.56. The molecule has 1 aliphatic heterocycles. The topological polar surface area (TPSA) is 118 Å². The predicted molar refractivity (Wildman–Crippen MR) is 134 cm³/mol. The Morgan fingerprint density at radius 1 is 1.05 bits per heavy atom. The van der Waals surface area contributed by atoms with Gasteiger partial charge >= 0.3 is 5.51 Å². The summed E-state index contributed by atoms with van der Waals surface area (Å²) in [4.78, 5) is 0. The molecule has 0 spiro atoms. The maximum absolute atomic E-state index is 10.7. The maximum Gasteiger partial charge on any atom is 0.485 e. The molecule has 2 aromatic rings. The maximum atomic E-state index is 10.7. The summed E-state index contributed by atoms with van der Waals surface area (Å²) in [6, 6.07) is 14.3. The van der Waals surface area contributed by atoms with E-state index in [2.05, 4.69) is 29.0 Å². The van der Waals surface area contributed by atoms with Gasteiger partial charge in [0.05, 0.1) is 0 Å². The van der Waals surface area contributed by atoms with Crippen molar-refractivity contribution in [2.75, 3.05) is 0 Å². The van der Waals surface area contributed by atoms with Crippen molar-refractivity contribution in [1.82, 2.24) is 0 Å². The van der Waals surface area contributed by atoms with Crippen molar-refractivity contribution in [3.63, 3.8) is 0 Å². The Morgan fingerprint density at radius 3 is 2.18 bits per heavy atom. The summed E-state index contributed by atoms with van der Waals surface area (Å²) in [6.45, 7) is 6.09. The molecule has 0 radical (unpaired) electrons. The number of rotatable bonds is 3. The Kier molecular flexibility index (Phi) is 9.41. The molecule has 1 aliphatic rings. The zero-order valence-electron chi connectivity index (χ0n) is 20.9. The molecule has 38 heavy (non-hydrogen) atoms. The van der Waals surface area contributed by atoms with E-state index in [4.69, 9.17) is 17.7 Å². The van der Waals surface area contributed by atoms with Gasteiger partial charge in [-0.25, -0.2) is 13.0 Å². The van der Waals surface area contributed by atoms with E-state index in [1.165, 1.54) is 10.9 Å². The van der Waals surface area contributed by atoms with Crippen LogP contribution in [0.1, 0.15) is 26.3 Å². The van der Waals surface area contributed by atoms with Crippen LogP contribution >= 0.6 is 0 Å². The average Bonchev–Trinajstić information content (AvgIpc) is 2.81. The largest absolute Gasteiger partial charge is 0.741 e. The minimum Gasteiger partial charge on any atom is -0.741 e. The predicted octanol–water partition coefficient (Wildman–Crippen LogP) is 5.47. The third kappa shape index (κ3) is 8.17. The van der Waals surface area contributed by atoms with Gasteiger partial charge < -0.3 is 9.29 Å². The highest BCUT2D eigenvalue weighted by molar-refractivity contribution is 7.86. The number of hydrogen-bond donors (Lipinski definition) is 0. The second-order valence-electron chi connectivity index (χ2n) is 9.02. The van der Waals surface area contributed by atoms with Gasteiger partial charge in [0.15, 0.2) is 16.3 Å². The number of pyridine rings is 1. The molecule has 0 N–H and O–H groups in total. The van der Waals surface area contributed by atoms with E-state index in [9.17, 15) is 23.7 Å². The number of aryl methyl sites for hydroxylation is 1. The number of allylic oxidation sites excluding steroid dienone is 8. The van der Waals surface area contributed by atoms with Crippen molar-refractivity contribution in [3.8, 4) is 12.1 Å². The van der Waals surface area contributed by atoms with E-state index in [1.54, 1.807) is 12.2 Å². The third-order valence-electron chi connectivity index (χ3n) is 4.99. The van der Waals surface area contributed by atoms with Gasteiger partial charge in [-0.1, -0.05) is 45.1 Å². The summed E-state index contributed by atoms with van der Waals surface area (Å²) in [5.41, 5.74) is -2.98. The monoisotopic (exact) mass is 543 g/mol. The first-order valence-corrected chi connectivity index (χ1v) is 12.4. The highest BCUT2D eigenvalue weighted by Gasteiger charge is 2.36. The molecular formula is C27H24F3N3O4S. The van der Waals surface area contributed by atoms with Gasteiger partial charge in [-0.05, 0) is 36.4 Å². The van der Waals surface area contributed by atoms with E-state index in [1.807, 2.05) is 76.4 Å². The van der Waals surface area contributed by atoms with Crippen LogP contribution in [0, 0.1) is 28.1 Å². The lowest BCUT2D eigenvalue weighted by atomic mass is 9.90. The van der Waals surface area contributed by atoms with Crippen molar-refractivity contribution in [1.29, 1.82) is 10.5 Å². The summed E-state index contributed by atoms with van der Waals surface area (Å²) in [5.74, 6) is 1.31. The Bertz CT molecular complexity index is 1550. The van der Waals surface area contributed by atoms with Crippen molar-refractivity contribution in [2.45, 2.75) is 26.3 Å². The standard InChI is InChI=1S/C26H24N3O.CHF3O3S/c1-26(2,3)25-15-21(22(16-27)17-28)14-23(30-25)11-7-5-9-19-13-20-10-6-8-12-24(20)29(4)18-19;2-1(3,4)8(5,6)7/h5-15,18H,1-4H3;(H,5,6,7)/q+1;/p-1/b9-5+,11-7+;. The first-order valence-electron chi connectivity index (χ1n) is 11.0. The highest BCUT2D eigenvalue weighted by atomic mass is 32.2. The van der Waals surface area contributed by atoms with E-state index in [0.717, 1.165) is 5.56 Å². The molecule has 0 saturated carbocycles. The van der Waals surface area contributed by atoms with Crippen LogP contribution in [0.3, 0.4) is 0 Å². The van der Waals surface area contributed by atoms with E-state index in [0.29, 0.717) is 17.1 Å². The molecule has 0 aliphatic carbocycles. The van der Waals surface area contributed by atoms with Crippen LogP contribution in [0.25, 0.3) is 17.0 Å². The van der Waals surface area contributed by atoms with Crippen molar-refractivity contribution >= 4 is 27.1 Å². The Hall–Kier alpha value is -4.19. The molecule has 198 valence electrons. The lowest BCUT2D eigenvalue weighted by molar-refractivity contribution is -0.645. The lowest BCUT2D eigenvalue weighted by Crippen LogP contribution is -2.28. The minimum atomic E-state index is -6.09. The highest BCUT2D eigenvalue weighted by Crippen LogP contribution is 2.34. The smallest absolute Gasteiger partial charge is 0.485 e. The van der Waals surface area contributed by atoms with Crippen LogP contribution in [0.15, 0.2) is 89.6 Å². The Labute approximate surface area is 219 Å². The van der Waals surface area contributed by atoms with Crippen LogP contribution in [-0.2, 0) is 21.9 Å². The van der Waals surface area contributed by atoms with Crippen LogP contribution in [-0.4, -0.2) is 18.5 Å². The van der Waals surface area contributed by atoms with Gasteiger partial charge in [0.1, 0.15) is 36.3 Å². The molecule has 0 unspecified atom stereocenters. The molecule has 11 heteroatoms. The summed E-state index contributed by atoms with van der Waals surface area (Å²) >= 11 is 0. The number of nitrogens with zero attached hydrogens (tertiary/aromatic N) is 3. The van der Waals surface area contributed by atoms with Gasteiger partial charge in [-0.2, -0.15) is 23.7 Å². The fraction of sp³-hybridized carbons (Fsp3) is 0.222. The number of para-hydroxylation sites is 1. The number of hydrogen-bond acceptors (Lipinski definition) is 6. The molecule has 0 fully saturated rings. The molecule has 0 saturated heterocycles. The number of ether oxygens (including phenoxy) is 1. The Balaban J connectivity index is 0.000000550. The molecule has 0 atom stereocenters. The Morgan fingerprint density at radius 2 is 1.63 bits per heavy atom. The fourth-order valence-electron chi connectivity index (χ4n) is 3.12. The van der Waals surface area contributed by atoms with Gasteiger partial charge in [0.2, 0.25) is 5.52 Å². The first kappa shape index (κ1) is 30.0. The molecule has 0 amide bonds.